The maximum Gasteiger partial charge on any atom is 0.416 e. The molecule has 0 amide bonds. The van der Waals surface area contributed by atoms with Crippen LogP contribution in [-0.2, 0) is 21.0 Å². The van der Waals surface area contributed by atoms with Crippen molar-refractivity contribution in [2.24, 2.45) is 17.3 Å². The van der Waals surface area contributed by atoms with Gasteiger partial charge < -0.3 is 14.6 Å². The molecule has 0 radical (unpaired) electrons. The molecule has 2 fully saturated rings. The molecule has 7 nitrogen and oxygen atoms in total. The molecule has 0 bridgehead atoms. The highest BCUT2D eigenvalue weighted by Crippen LogP contribution is 2.62. The Bertz CT molecular complexity index is 1740. The predicted octanol–water partition coefficient (Wildman–Crippen LogP) is 7.35. The third kappa shape index (κ3) is 6.03. The Morgan fingerprint density at radius 3 is 2.40 bits per heavy atom. The smallest absolute Gasteiger partial charge is 0.416 e. The Morgan fingerprint density at radius 2 is 1.76 bits per heavy atom. The van der Waals surface area contributed by atoms with Gasteiger partial charge in [-0.3, -0.25) is 9.10 Å². The highest BCUT2D eigenvalue weighted by Gasteiger charge is 2.59. The van der Waals surface area contributed by atoms with E-state index in [0.29, 0.717) is 38.2 Å². The highest BCUT2D eigenvalue weighted by atomic mass is 32.2. The van der Waals surface area contributed by atoms with E-state index < -0.39 is 62.8 Å². The van der Waals surface area contributed by atoms with Gasteiger partial charge in [0.05, 0.1) is 28.6 Å². The number of hydrogen-bond donors (Lipinski definition) is 1. The number of carboxylic acids is 1. The maximum absolute atomic E-state index is 14.3. The summed E-state index contributed by atoms with van der Waals surface area (Å²) in [6.45, 7) is -3.47. The minimum Gasteiger partial charge on any atom is -0.486 e. The van der Waals surface area contributed by atoms with Gasteiger partial charge in [-0.25, -0.2) is 12.8 Å². The van der Waals surface area contributed by atoms with E-state index in [1.807, 2.05) is 0 Å². The summed E-state index contributed by atoms with van der Waals surface area (Å²) in [7, 11) is -4.61. The van der Waals surface area contributed by atoms with Crippen molar-refractivity contribution in [3.8, 4) is 22.6 Å². The van der Waals surface area contributed by atoms with Gasteiger partial charge in [-0.05, 0) is 97.0 Å². The number of halogens is 6. The molecule has 45 heavy (non-hydrogen) atoms. The molecule has 240 valence electrons. The Labute approximate surface area is 254 Å². The molecule has 0 unspecified atom stereocenters. The Balaban J connectivity index is 1.38. The van der Waals surface area contributed by atoms with Gasteiger partial charge in [-0.2, -0.15) is 22.0 Å². The molecule has 1 aliphatic heterocycles. The number of ether oxygens (including phenoxy) is 2. The predicted molar refractivity (Wildman–Crippen MR) is 149 cm³/mol. The standard InChI is InChI=1S/C31H27F6NO6S/c32-21-10-19(11-22(14-21)43-29(33)34)18-4-5-26-25(12-18)38(45(41,42)23-3-1-2-20(13-23)31(35,36)37)16-27(44-26)17-6-8-30(9-7-17)15-24(30)28(39)40/h1-5,10-14,17,24,27,29H,6-9,15-16H2,(H,39,40)/t17?,24-,27+,30?/m0/s1. The fraction of sp³-hybridized carbons (Fsp3) is 0.387. The summed E-state index contributed by atoms with van der Waals surface area (Å²) < 4.78 is 120. The van der Waals surface area contributed by atoms with Crippen LogP contribution >= 0.6 is 0 Å². The number of carboxylic acid groups (broad SMARTS) is 1. The van der Waals surface area contributed by atoms with Crippen molar-refractivity contribution in [3.05, 3.63) is 72.0 Å². The van der Waals surface area contributed by atoms with Crippen LogP contribution < -0.4 is 13.8 Å². The second-order valence-electron chi connectivity index (χ2n) is 11.7. The largest absolute Gasteiger partial charge is 0.486 e. The van der Waals surface area contributed by atoms with Crippen LogP contribution in [0.25, 0.3) is 11.1 Å². The number of alkyl halides is 5. The molecule has 14 heteroatoms. The van der Waals surface area contributed by atoms with Gasteiger partial charge in [0, 0.05) is 6.07 Å². The van der Waals surface area contributed by atoms with E-state index >= 15 is 0 Å². The van der Waals surface area contributed by atoms with Crippen LogP contribution in [0.1, 0.15) is 37.7 Å². The van der Waals surface area contributed by atoms with Gasteiger partial charge in [0.15, 0.2) is 0 Å². The first-order valence-corrected chi connectivity index (χ1v) is 15.6. The normalized spacial score (nSPS) is 24.7. The summed E-state index contributed by atoms with van der Waals surface area (Å²) >= 11 is 0. The lowest BCUT2D eigenvalue weighted by Gasteiger charge is -2.41. The SMILES string of the molecule is O=C(O)[C@@H]1CC12CCC([C@H]1CN(S(=O)(=O)c3cccc(C(F)(F)F)c3)c3cc(-c4cc(F)cc(OC(F)F)c4)ccc3O1)CC2. The Kier molecular flexibility index (Phi) is 7.69. The number of rotatable bonds is 7. The fourth-order valence-corrected chi connectivity index (χ4v) is 8.15. The van der Waals surface area contributed by atoms with Gasteiger partial charge in [0.25, 0.3) is 10.0 Å². The maximum atomic E-state index is 14.3. The molecule has 0 aromatic heterocycles. The minimum absolute atomic E-state index is 0.0258. The molecule has 3 aromatic carbocycles. The Morgan fingerprint density at radius 1 is 1.02 bits per heavy atom. The monoisotopic (exact) mass is 655 g/mol. The summed E-state index contributed by atoms with van der Waals surface area (Å²) in [4.78, 5) is 10.9. The zero-order chi connectivity index (χ0) is 32.3. The number of fused-ring (bicyclic) bond motifs is 1. The van der Waals surface area contributed by atoms with Crippen molar-refractivity contribution >= 4 is 21.7 Å². The van der Waals surface area contributed by atoms with E-state index in [-0.39, 0.29) is 40.4 Å². The first-order valence-electron chi connectivity index (χ1n) is 14.2. The van der Waals surface area contributed by atoms with E-state index in [0.717, 1.165) is 40.7 Å². The lowest BCUT2D eigenvalue weighted by Crippen LogP contribution is -2.47. The molecule has 0 saturated heterocycles. The summed E-state index contributed by atoms with van der Waals surface area (Å²) in [5, 5.41) is 9.44. The first-order chi connectivity index (χ1) is 21.2. The van der Waals surface area contributed by atoms with Crippen molar-refractivity contribution < 1.29 is 54.1 Å². The molecule has 1 N–H and O–H groups in total. The zero-order valence-electron chi connectivity index (χ0n) is 23.4. The number of sulfonamides is 1. The molecule has 2 saturated carbocycles. The van der Waals surface area contributed by atoms with Crippen molar-refractivity contribution in [1.82, 2.24) is 0 Å². The van der Waals surface area contributed by atoms with Crippen molar-refractivity contribution in [1.29, 1.82) is 0 Å². The molecule has 6 rings (SSSR count). The van der Waals surface area contributed by atoms with Gasteiger partial charge in [-0.15, -0.1) is 0 Å². The molecule has 1 spiro atoms. The van der Waals surface area contributed by atoms with Crippen LogP contribution in [0, 0.1) is 23.1 Å². The van der Waals surface area contributed by atoms with Crippen LogP contribution in [0.5, 0.6) is 11.5 Å². The third-order valence-electron chi connectivity index (χ3n) is 9.07. The van der Waals surface area contributed by atoms with Crippen LogP contribution in [0.4, 0.5) is 32.0 Å². The number of nitrogens with zero attached hydrogens (tertiary/aromatic N) is 1. The van der Waals surface area contributed by atoms with Crippen LogP contribution in [0.2, 0.25) is 0 Å². The number of hydrogen-bond acceptors (Lipinski definition) is 5. The molecule has 3 aliphatic rings. The first kappa shape index (κ1) is 31.1. The van der Waals surface area contributed by atoms with E-state index in [2.05, 4.69) is 4.74 Å². The summed E-state index contributed by atoms with van der Waals surface area (Å²) in [6, 6.07) is 10.6. The highest BCUT2D eigenvalue weighted by molar-refractivity contribution is 7.92. The zero-order valence-corrected chi connectivity index (χ0v) is 24.3. The van der Waals surface area contributed by atoms with Gasteiger partial charge in [-0.1, -0.05) is 12.1 Å². The van der Waals surface area contributed by atoms with Crippen molar-refractivity contribution in [3.63, 3.8) is 0 Å². The minimum atomic E-state index is -4.80. The van der Waals surface area contributed by atoms with Gasteiger partial charge in [0.2, 0.25) is 0 Å². The van der Waals surface area contributed by atoms with Crippen LogP contribution in [0.3, 0.4) is 0 Å². The molecule has 1 heterocycles. The molecular formula is C31H27F6NO6S. The Hall–Kier alpha value is -3.94. The van der Waals surface area contributed by atoms with Crippen LogP contribution in [0.15, 0.2) is 65.6 Å². The second-order valence-corrected chi connectivity index (χ2v) is 13.6. The van der Waals surface area contributed by atoms with E-state index in [1.165, 1.54) is 18.2 Å². The lowest BCUT2D eigenvalue weighted by atomic mass is 9.76. The van der Waals surface area contributed by atoms with Gasteiger partial charge >= 0.3 is 18.8 Å². The summed E-state index contributed by atoms with van der Waals surface area (Å²) in [5.41, 5.74) is -1.15. The second kappa shape index (κ2) is 11.1. The summed E-state index contributed by atoms with van der Waals surface area (Å²) in [5.74, 6) is -2.63. The quantitative estimate of drug-likeness (QED) is 0.268. The van der Waals surface area contributed by atoms with E-state index in [9.17, 15) is 44.7 Å². The topological polar surface area (TPSA) is 93.1 Å². The molecule has 2 aliphatic carbocycles. The van der Waals surface area contributed by atoms with Crippen LogP contribution in [-0.4, -0.2) is 38.8 Å². The third-order valence-corrected chi connectivity index (χ3v) is 10.8. The van der Waals surface area contributed by atoms with Crippen molar-refractivity contribution in [2.75, 3.05) is 10.8 Å². The van der Waals surface area contributed by atoms with E-state index in [1.54, 1.807) is 0 Å². The lowest BCUT2D eigenvalue weighted by molar-refractivity contribution is -0.140. The number of aliphatic carboxylic acids is 1. The number of anilines is 1. The van der Waals surface area contributed by atoms with Gasteiger partial charge in [0.1, 0.15) is 23.4 Å². The number of benzene rings is 3. The van der Waals surface area contributed by atoms with E-state index in [4.69, 9.17) is 4.74 Å². The molecule has 2 atom stereocenters. The summed E-state index contributed by atoms with van der Waals surface area (Å²) in [6.07, 6.45) is -2.48. The average molecular weight is 656 g/mol. The fourth-order valence-electron chi connectivity index (χ4n) is 6.62. The van der Waals surface area contributed by atoms with Crippen molar-refractivity contribution in [2.45, 2.75) is 55.9 Å². The average Bonchev–Trinajstić information content (AvgIpc) is 3.69. The molecular weight excluding hydrogens is 628 g/mol. The molecule has 3 aromatic rings. The number of carbonyl (C=O) groups is 1.